The molecule has 0 aromatic heterocycles. The van der Waals surface area contributed by atoms with Crippen LogP contribution < -0.4 is 38.5 Å². The smallest absolute Gasteiger partial charge is 0.320 e. The Balaban J connectivity index is -0.000000190. The maximum Gasteiger partial charge on any atom is 0.320 e. The summed E-state index contributed by atoms with van der Waals surface area (Å²) in [6.45, 7) is 17.4. The van der Waals surface area contributed by atoms with E-state index in [-0.39, 0.29) is 109 Å². The van der Waals surface area contributed by atoms with E-state index in [4.69, 9.17) is 37.5 Å². The summed E-state index contributed by atoms with van der Waals surface area (Å²) in [7, 11) is 4.72. The van der Waals surface area contributed by atoms with Gasteiger partial charge >= 0.3 is 17.9 Å². The molecule has 0 fully saturated rings. The van der Waals surface area contributed by atoms with Crippen molar-refractivity contribution >= 4 is 160 Å². The summed E-state index contributed by atoms with van der Waals surface area (Å²) >= 11 is 22.8. The largest absolute Gasteiger partial charge is 0.459 e. The molecule has 7 amide bonds. The van der Waals surface area contributed by atoms with Crippen molar-refractivity contribution in [3.8, 4) is 0 Å². The van der Waals surface area contributed by atoms with Gasteiger partial charge in [0.2, 0.25) is 23.2 Å². The number of hydrogen-bond acceptors (Lipinski definition) is 23. The fourth-order valence-corrected chi connectivity index (χ4v) is 7.31. The van der Waals surface area contributed by atoms with E-state index in [1.807, 2.05) is 41.5 Å². The van der Waals surface area contributed by atoms with E-state index in [9.17, 15) is 52.7 Å². The standard InChI is InChI=1S/C19H28N3O6PS.C14H23N5O4.2C6H11O2PS.CH5N.3CH4.P2S2/c1-19(2,3)28-17(26)12-21-13(18(27)29-30)6-4-5-10-20-14(23)9-11-22-15(24)7-8-16(22)25;15-9-18-10(14(16)23)3-1-2-7-17-11(20)6-8-19-12(21)4-5-13(19)22;2*1-6(2,3)8-5(7)4-9-10;1-2;;;;3-1-2-4/h7-8,13,21H,4-6,9-12H2,1-3H3,(H,20,23);4-5,10,18H,1-3,6-9,15H2,(H2,16,23)(H,17,20);2*4H2,1-3H3;2H2,1H3;3*1H4;. The van der Waals surface area contributed by atoms with Gasteiger partial charge in [0.05, 0.1) is 38.3 Å². The number of esters is 3. The Morgan fingerprint density at radius 2 is 0.878 bits per heavy atom. The van der Waals surface area contributed by atoms with E-state index >= 15 is 0 Å². The Bertz CT molecular complexity index is 2040. The highest BCUT2D eigenvalue weighted by Gasteiger charge is 2.25. The van der Waals surface area contributed by atoms with Gasteiger partial charge in [-0.3, -0.25) is 73.2 Å². The van der Waals surface area contributed by atoms with Gasteiger partial charge in [0.15, 0.2) is 0 Å². The predicted octanol–water partition coefficient (Wildman–Crippen LogP) is 5.44. The fraction of sp³-hybridized carbons (Fsp3) is 0.694. The average Bonchev–Trinajstić information content (AvgIpc) is 3.85. The first kappa shape index (κ1) is 92.4. The molecule has 23 nitrogen and oxygen atoms in total. The molecule has 10 N–H and O–H groups in total. The zero-order chi connectivity index (χ0) is 61.8. The van der Waals surface area contributed by atoms with Gasteiger partial charge in [0.25, 0.3) is 23.6 Å². The second-order valence-corrected chi connectivity index (χ2v) is 26.9. The lowest BCUT2D eigenvalue weighted by Crippen LogP contribution is -2.43. The molecule has 2 aliphatic heterocycles. The molecule has 2 rings (SSSR count). The summed E-state index contributed by atoms with van der Waals surface area (Å²) in [6, 6.07) is -1.01. The number of carbonyl (C=O) groups excluding carboxylic acids is 11. The number of primary amides is 1. The van der Waals surface area contributed by atoms with Gasteiger partial charge in [0.1, 0.15) is 16.8 Å². The Labute approximate surface area is 519 Å². The Morgan fingerprint density at radius 1 is 0.549 bits per heavy atom. The lowest BCUT2D eigenvalue weighted by molar-refractivity contribution is -0.154. The predicted molar refractivity (Wildman–Crippen MR) is 346 cm³/mol. The third-order valence-corrected chi connectivity index (χ3v) is 13.9. The number of rotatable bonds is 29. The molecule has 2 aliphatic rings. The van der Waals surface area contributed by atoms with E-state index in [0.717, 1.165) is 23.9 Å². The van der Waals surface area contributed by atoms with Crippen LogP contribution in [0.15, 0.2) is 24.3 Å². The van der Waals surface area contributed by atoms with Crippen LogP contribution in [0.25, 0.3) is 0 Å². The molecule has 2 atom stereocenters. The number of carbonyl (C=O) groups is 11. The summed E-state index contributed by atoms with van der Waals surface area (Å²) < 4.78 is 15.1. The molecule has 470 valence electrons. The minimum Gasteiger partial charge on any atom is -0.459 e. The minimum atomic E-state index is -0.599. The molecule has 0 saturated heterocycles. The highest BCUT2D eigenvalue weighted by molar-refractivity contribution is 8.40. The van der Waals surface area contributed by atoms with Crippen molar-refractivity contribution in [2.24, 2.45) is 17.2 Å². The first-order valence-electron chi connectivity index (χ1n) is 24.2. The molecule has 82 heavy (non-hydrogen) atoms. The van der Waals surface area contributed by atoms with Crippen LogP contribution in [0.5, 0.6) is 0 Å². The zero-order valence-electron chi connectivity index (χ0n) is 46.4. The molecule has 2 heterocycles. The maximum atomic E-state index is 12.0. The Hall–Kier alpha value is -3.31. The average molecular weight is 1340 g/mol. The summed E-state index contributed by atoms with van der Waals surface area (Å²) in [5, 5.41) is 11.1. The molecule has 0 aromatic rings. The van der Waals surface area contributed by atoms with Crippen LogP contribution >= 0.6 is 36.2 Å². The third-order valence-electron chi connectivity index (χ3n) is 8.68. The number of hydrogen-bond donors (Lipinski definition) is 7. The molecule has 0 saturated carbocycles. The van der Waals surface area contributed by atoms with Crippen LogP contribution in [0.1, 0.15) is 136 Å². The van der Waals surface area contributed by atoms with Gasteiger partial charge in [-0.05, 0) is 158 Å². The monoisotopic (exact) mass is 1340 g/mol. The van der Waals surface area contributed by atoms with Crippen LogP contribution in [0.4, 0.5) is 0 Å². The number of nitrogens with two attached hydrogens (primary N) is 3. The Morgan fingerprint density at radius 3 is 1.16 bits per heavy atom. The van der Waals surface area contributed by atoms with E-state index in [0.29, 0.717) is 78.7 Å². The van der Waals surface area contributed by atoms with Gasteiger partial charge < -0.3 is 42.0 Å². The normalized spacial score (nSPS) is 13.0. The van der Waals surface area contributed by atoms with Crippen LogP contribution in [-0.2, 0) is 126 Å². The second-order valence-electron chi connectivity index (χ2n) is 18.7. The van der Waals surface area contributed by atoms with Crippen molar-refractivity contribution in [1.82, 2.24) is 31.1 Å². The van der Waals surface area contributed by atoms with E-state index < -0.39 is 53.2 Å². The summed E-state index contributed by atoms with van der Waals surface area (Å²) in [5.74, 6) is -3.45. The zero-order valence-corrected chi connectivity index (χ0v) is 55.0. The molecule has 0 aromatic carbocycles. The minimum absolute atomic E-state index is 0. The van der Waals surface area contributed by atoms with E-state index in [1.165, 1.54) is 31.4 Å². The summed E-state index contributed by atoms with van der Waals surface area (Å²) in [5.41, 5.74) is 13.5. The summed E-state index contributed by atoms with van der Waals surface area (Å²) in [6.07, 6.45) is 9.12. The molecular formula is C49H90N9O14P5S5. The van der Waals surface area contributed by atoms with E-state index in [1.54, 1.807) is 20.8 Å². The van der Waals surface area contributed by atoms with Crippen LogP contribution in [-0.4, -0.2) is 162 Å². The molecule has 33 heteroatoms. The topological polar surface area (TPSA) is 348 Å². The first-order chi connectivity index (χ1) is 36.8. The highest BCUT2D eigenvalue weighted by atomic mass is 32.7. The van der Waals surface area contributed by atoms with Crippen molar-refractivity contribution < 1.29 is 67.0 Å². The number of ether oxygens (including phenoxy) is 3. The maximum absolute atomic E-state index is 12.0. The first-order valence-corrected chi connectivity index (χ1v) is 34.8. The number of imide groups is 2. The third kappa shape index (κ3) is 55.9. The van der Waals surface area contributed by atoms with E-state index in [2.05, 4.69) is 74.2 Å². The van der Waals surface area contributed by atoms with Crippen LogP contribution in [0.3, 0.4) is 0 Å². The number of nitrogens with one attached hydrogen (secondary N) is 4. The molecular weight excluding hydrogens is 1250 g/mol. The fourth-order valence-electron chi connectivity index (χ4n) is 5.61. The van der Waals surface area contributed by atoms with Gasteiger partial charge in [-0.25, -0.2) is 0 Å². The lowest BCUT2D eigenvalue weighted by atomic mass is 10.1. The molecule has 0 aliphatic carbocycles. The quantitative estimate of drug-likeness (QED) is 0.0122. The van der Waals surface area contributed by atoms with Crippen molar-refractivity contribution in [2.45, 2.75) is 165 Å². The lowest BCUT2D eigenvalue weighted by Gasteiger charge is -2.21. The molecule has 0 bridgehead atoms. The highest BCUT2D eigenvalue weighted by Crippen LogP contribution is 2.13. The molecule has 0 radical (unpaired) electrons. The van der Waals surface area contributed by atoms with Gasteiger partial charge in [-0.15, -0.1) is 0 Å². The number of unbranched alkanes of at least 4 members (excludes halogenated alkanes) is 2. The summed E-state index contributed by atoms with van der Waals surface area (Å²) in [4.78, 5) is 127. The SMILES string of the molecule is C.C.C.CC(C)(C)OC(=O)CNC(CCCCNC(=O)CCN1C(=O)C=CC1=O)C(=O)P=S.CC(C)(C)OC(=O)CP=S.CC(C)(C)OC(=O)CP=S.CN.NCNC(CCCCNC(=O)CCN1C(=O)C=CC1=O)C(N)=O.S=PP=S. The van der Waals surface area contributed by atoms with Gasteiger partial charge in [-0.2, -0.15) is 0 Å². The van der Waals surface area contributed by atoms with Crippen molar-refractivity contribution in [2.75, 3.05) is 58.8 Å². The van der Waals surface area contributed by atoms with Crippen LogP contribution in [0, 0.1) is 0 Å². The number of nitrogens with zero attached hydrogens (tertiary/aromatic N) is 2. The number of amides is 7. The van der Waals surface area contributed by atoms with Crippen molar-refractivity contribution in [3.05, 3.63) is 24.3 Å². The second kappa shape index (κ2) is 54.3. The molecule has 2 unspecified atom stereocenters. The Kier molecular flexibility index (Phi) is 61.3. The van der Waals surface area contributed by atoms with Gasteiger partial charge in [-0.1, -0.05) is 45.9 Å². The van der Waals surface area contributed by atoms with Crippen molar-refractivity contribution in [3.63, 3.8) is 0 Å². The molecule has 0 spiro atoms. The van der Waals surface area contributed by atoms with Gasteiger partial charge in [0, 0.05) is 84.1 Å². The van der Waals surface area contributed by atoms with Crippen LogP contribution in [0.2, 0.25) is 0 Å². The van der Waals surface area contributed by atoms with Crippen molar-refractivity contribution in [1.29, 1.82) is 0 Å².